The lowest BCUT2D eigenvalue weighted by Crippen LogP contribution is -2.40. The summed E-state index contributed by atoms with van der Waals surface area (Å²) in [7, 11) is 3.47. The van der Waals surface area contributed by atoms with Crippen LogP contribution in [-0.4, -0.2) is 35.5 Å². The molecule has 2 heterocycles. The second-order valence-electron chi connectivity index (χ2n) is 11.7. The number of nitrogens with two attached hydrogens (primary N) is 1. The number of benzene rings is 3. The summed E-state index contributed by atoms with van der Waals surface area (Å²) in [5.41, 5.74) is 7.15. The fraction of sp³-hybridized carbons (Fsp3) is 0.229. The second-order valence-corrected chi connectivity index (χ2v) is 12.7. The molecule has 0 saturated carbocycles. The first-order valence-corrected chi connectivity index (χ1v) is 15.5. The maximum absolute atomic E-state index is 14.9. The number of nitrogens with zero attached hydrogens (tertiary/aromatic N) is 2. The maximum atomic E-state index is 14.9. The number of rotatable bonds is 10. The number of halogens is 2. The molecule has 0 unspecified atom stereocenters. The predicted molar refractivity (Wildman–Crippen MR) is 179 cm³/mol. The summed E-state index contributed by atoms with van der Waals surface area (Å²) in [5.74, 6) is -2.15. The summed E-state index contributed by atoms with van der Waals surface area (Å²) in [4.78, 5) is 42.2. The van der Waals surface area contributed by atoms with Crippen LogP contribution in [0.15, 0.2) is 83.8 Å². The second kappa shape index (κ2) is 13.2. The molecule has 0 bridgehead atoms. The average molecular weight is 644 g/mol. The molecule has 3 aromatic carbocycles. The third kappa shape index (κ3) is 6.56. The fourth-order valence-electron chi connectivity index (χ4n) is 5.35. The summed E-state index contributed by atoms with van der Waals surface area (Å²) in [5, 5.41) is 5.61. The van der Waals surface area contributed by atoms with Crippen LogP contribution in [-0.2, 0) is 29.8 Å². The van der Waals surface area contributed by atoms with Crippen molar-refractivity contribution in [3.63, 3.8) is 0 Å². The van der Waals surface area contributed by atoms with E-state index >= 15 is 0 Å². The van der Waals surface area contributed by atoms with Crippen LogP contribution in [0, 0.1) is 11.6 Å². The molecule has 2 aromatic heterocycles. The lowest BCUT2D eigenvalue weighted by molar-refractivity contribution is -0.122. The van der Waals surface area contributed by atoms with Crippen molar-refractivity contribution in [2.45, 2.75) is 38.9 Å². The molecule has 0 aliphatic carbocycles. The molecule has 0 aliphatic heterocycles. The van der Waals surface area contributed by atoms with Crippen molar-refractivity contribution >= 4 is 39.2 Å². The van der Waals surface area contributed by atoms with Gasteiger partial charge in [-0.2, -0.15) is 0 Å². The van der Waals surface area contributed by atoms with Crippen LogP contribution in [0.5, 0.6) is 0 Å². The molecule has 3 amide bonds. The molecule has 238 valence electrons. The van der Waals surface area contributed by atoms with Gasteiger partial charge in [0.1, 0.15) is 16.5 Å². The molecule has 5 rings (SSSR count). The Morgan fingerprint density at radius 3 is 2.20 bits per heavy atom. The van der Waals surface area contributed by atoms with E-state index in [0.29, 0.717) is 34.6 Å². The SMILES string of the molecule is CNC(=O)Nc1ccc(-c2sc3c(c2CN(C)Cc2ccccc2)c(=O)c(C(C)(C)C(N)=O)cn3Cc2c(F)cccc2F)cc1. The van der Waals surface area contributed by atoms with E-state index in [1.165, 1.54) is 42.8 Å². The number of nitrogens with one attached hydrogen (secondary N) is 2. The van der Waals surface area contributed by atoms with Gasteiger partial charge >= 0.3 is 6.03 Å². The quantitative estimate of drug-likeness (QED) is 0.168. The van der Waals surface area contributed by atoms with E-state index < -0.39 is 23.0 Å². The zero-order chi connectivity index (χ0) is 33.2. The third-order valence-electron chi connectivity index (χ3n) is 8.04. The van der Waals surface area contributed by atoms with Gasteiger partial charge in [-0.1, -0.05) is 48.5 Å². The number of carbonyl (C=O) groups excluding carboxylic acids is 2. The number of fused-ring (bicyclic) bond motifs is 1. The molecule has 8 nitrogen and oxygen atoms in total. The molecule has 0 aliphatic rings. The summed E-state index contributed by atoms with van der Waals surface area (Å²) < 4.78 is 31.5. The number of amides is 3. The third-order valence-corrected chi connectivity index (χ3v) is 9.36. The van der Waals surface area contributed by atoms with Gasteiger partial charge in [0.15, 0.2) is 5.43 Å². The lowest BCUT2D eigenvalue weighted by Gasteiger charge is -2.23. The Labute approximate surface area is 269 Å². The summed E-state index contributed by atoms with van der Waals surface area (Å²) in [6.07, 6.45) is 1.50. The Morgan fingerprint density at radius 1 is 0.935 bits per heavy atom. The molecule has 0 atom stereocenters. The number of thiophene rings is 1. The number of urea groups is 1. The first-order chi connectivity index (χ1) is 21.9. The highest BCUT2D eigenvalue weighted by Crippen LogP contribution is 2.40. The lowest BCUT2D eigenvalue weighted by atomic mass is 9.84. The molecule has 4 N–H and O–H groups in total. The monoisotopic (exact) mass is 643 g/mol. The van der Waals surface area contributed by atoms with Crippen molar-refractivity contribution in [2.24, 2.45) is 5.73 Å². The van der Waals surface area contributed by atoms with Crippen LogP contribution in [0.3, 0.4) is 0 Å². The van der Waals surface area contributed by atoms with Crippen LogP contribution in [0.2, 0.25) is 0 Å². The number of aromatic nitrogens is 1. The average Bonchev–Trinajstić information content (AvgIpc) is 3.40. The minimum atomic E-state index is -1.37. The minimum Gasteiger partial charge on any atom is -0.369 e. The Hall–Kier alpha value is -4.87. The van der Waals surface area contributed by atoms with Gasteiger partial charge in [-0.15, -0.1) is 11.3 Å². The van der Waals surface area contributed by atoms with Gasteiger partial charge in [0.25, 0.3) is 0 Å². The van der Waals surface area contributed by atoms with Crippen LogP contribution < -0.4 is 21.8 Å². The molecule has 0 spiro atoms. The Kier molecular flexibility index (Phi) is 9.36. The maximum Gasteiger partial charge on any atom is 0.318 e. The first kappa shape index (κ1) is 32.5. The van der Waals surface area contributed by atoms with Crippen LogP contribution in [0.4, 0.5) is 19.3 Å². The topological polar surface area (TPSA) is 109 Å². The Bertz CT molecular complexity index is 1950. The van der Waals surface area contributed by atoms with Crippen molar-refractivity contribution in [1.29, 1.82) is 0 Å². The minimum absolute atomic E-state index is 0.130. The zero-order valence-corrected chi connectivity index (χ0v) is 26.8. The van der Waals surface area contributed by atoms with Gasteiger partial charge in [0.2, 0.25) is 5.91 Å². The van der Waals surface area contributed by atoms with E-state index in [0.717, 1.165) is 16.0 Å². The van der Waals surface area contributed by atoms with E-state index in [1.54, 1.807) is 30.5 Å². The molecule has 0 saturated heterocycles. The number of anilines is 1. The number of hydrogen-bond acceptors (Lipinski definition) is 5. The van der Waals surface area contributed by atoms with Crippen molar-refractivity contribution < 1.29 is 18.4 Å². The standard InChI is InChI=1S/C35H35F2N5O3S/c1-35(2,33(38)44)26-20-42(19-24-27(36)11-8-12-28(24)37)32-29(30(26)43)25(18-41(4)17-21-9-6-5-7-10-21)31(46-32)22-13-15-23(16-14-22)40-34(45)39-3/h5-16,20H,17-19H2,1-4H3,(H2,38,44)(H2,39,40,45). The molecule has 0 fully saturated rings. The largest absolute Gasteiger partial charge is 0.369 e. The van der Waals surface area contributed by atoms with Crippen LogP contribution in [0.1, 0.15) is 36.1 Å². The van der Waals surface area contributed by atoms with E-state index in [9.17, 15) is 23.2 Å². The molecule has 11 heteroatoms. The predicted octanol–water partition coefficient (Wildman–Crippen LogP) is 6.20. The fourth-order valence-corrected chi connectivity index (χ4v) is 6.64. The van der Waals surface area contributed by atoms with Gasteiger partial charge in [-0.05, 0) is 61.9 Å². The number of carbonyl (C=O) groups is 2. The van der Waals surface area contributed by atoms with Crippen molar-refractivity contribution in [1.82, 2.24) is 14.8 Å². The highest BCUT2D eigenvalue weighted by Gasteiger charge is 2.33. The highest BCUT2D eigenvalue weighted by atomic mass is 32.1. The van der Waals surface area contributed by atoms with E-state index in [2.05, 4.69) is 15.5 Å². The van der Waals surface area contributed by atoms with Gasteiger partial charge < -0.3 is 20.9 Å². The molecular formula is C35H35F2N5O3S. The smallest absolute Gasteiger partial charge is 0.318 e. The van der Waals surface area contributed by atoms with Gasteiger partial charge in [-0.3, -0.25) is 14.5 Å². The van der Waals surface area contributed by atoms with Crippen LogP contribution >= 0.6 is 11.3 Å². The highest BCUT2D eigenvalue weighted by molar-refractivity contribution is 7.22. The normalized spacial score (nSPS) is 11.6. The van der Waals surface area contributed by atoms with Gasteiger partial charge in [0, 0.05) is 48.0 Å². The Balaban J connectivity index is 1.76. The van der Waals surface area contributed by atoms with Gasteiger partial charge in [-0.25, -0.2) is 13.6 Å². The number of hydrogen-bond donors (Lipinski definition) is 3. The van der Waals surface area contributed by atoms with E-state index in [1.807, 2.05) is 49.5 Å². The van der Waals surface area contributed by atoms with E-state index in [-0.39, 0.29) is 29.1 Å². The van der Waals surface area contributed by atoms with Crippen molar-refractivity contribution in [3.8, 4) is 10.4 Å². The molecule has 5 aromatic rings. The van der Waals surface area contributed by atoms with Crippen molar-refractivity contribution in [3.05, 3.63) is 123 Å². The zero-order valence-electron chi connectivity index (χ0n) is 26.0. The summed E-state index contributed by atoms with van der Waals surface area (Å²) in [6, 6.07) is 20.4. The van der Waals surface area contributed by atoms with Crippen LogP contribution in [0.25, 0.3) is 20.7 Å². The first-order valence-electron chi connectivity index (χ1n) is 14.6. The number of pyridine rings is 1. The molecule has 46 heavy (non-hydrogen) atoms. The van der Waals surface area contributed by atoms with Crippen molar-refractivity contribution in [2.75, 3.05) is 19.4 Å². The summed E-state index contributed by atoms with van der Waals surface area (Å²) in [6.45, 7) is 3.86. The summed E-state index contributed by atoms with van der Waals surface area (Å²) >= 11 is 1.32. The number of primary amides is 1. The molecule has 0 radical (unpaired) electrons. The van der Waals surface area contributed by atoms with Gasteiger partial charge in [0.05, 0.1) is 17.3 Å². The van der Waals surface area contributed by atoms with E-state index in [4.69, 9.17) is 5.73 Å². The molecular weight excluding hydrogens is 608 g/mol. The Morgan fingerprint density at radius 2 is 1.59 bits per heavy atom.